The van der Waals surface area contributed by atoms with Gasteiger partial charge < -0.3 is 15.3 Å². The molecule has 1 aromatic rings. The van der Waals surface area contributed by atoms with Crippen LogP contribution in [0.3, 0.4) is 0 Å². The minimum absolute atomic E-state index is 0. The van der Waals surface area contributed by atoms with E-state index in [4.69, 9.17) is 0 Å². The quantitative estimate of drug-likeness (QED) is 0.786. The van der Waals surface area contributed by atoms with Crippen molar-refractivity contribution in [1.82, 2.24) is 10.3 Å². The average Bonchev–Trinajstić information content (AvgIpc) is 2.94. The second kappa shape index (κ2) is 7.53. The fraction of sp³-hybridized carbons (Fsp3) is 0.643. The Hall–Kier alpha value is -0.600. The Morgan fingerprint density at radius 2 is 2.17 bits per heavy atom. The number of hydrogen-bond donors (Lipinski definition) is 2. The molecule has 2 saturated heterocycles. The summed E-state index contributed by atoms with van der Waals surface area (Å²) in [5.41, 5.74) is 0.645. The minimum atomic E-state index is -3.03. The summed E-state index contributed by atoms with van der Waals surface area (Å²) in [4.78, 5) is 6.58. The smallest absolute Gasteiger partial charge is 0.151 e. The van der Waals surface area contributed by atoms with Gasteiger partial charge in [-0.2, -0.15) is 0 Å². The van der Waals surface area contributed by atoms with Crippen LogP contribution in [-0.4, -0.2) is 57.5 Å². The van der Waals surface area contributed by atoms with Crippen molar-refractivity contribution in [3.8, 4) is 0 Å². The van der Waals surface area contributed by atoms with E-state index < -0.39 is 9.84 Å². The van der Waals surface area contributed by atoms with Crippen LogP contribution in [0.5, 0.6) is 0 Å². The fourth-order valence-corrected chi connectivity index (χ4v) is 4.19. The summed E-state index contributed by atoms with van der Waals surface area (Å²) in [6, 6.07) is 3.70. The molecule has 2 aliphatic heterocycles. The van der Waals surface area contributed by atoms with E-state index in [1.165, 1.54) is 6.26 Å². The first kappa shape index (κ1) is 20.4. The lowest BCUT2D eigenvalue weighted by Gasteiger charge is -2.25. The molecule has 132 valence electrons. The van der Waals surface area contributed by atoms with Crippen LogP contribution in [0.4, 0.5) is 5.82 Å². The van der Waals surface area contributed by atoms with Crippen molar-refractivity contribution < 1.29 is 13.5 Å². The Morgan fingerprint density at radius 1 is 1.43 bits per heavy atom. The molecule has 0 aromatic carbocycles. The van der Waals surface area contributed by atoms with Crippen LogP contribution < -0.4 is 10.2 Å². The van der Waals surface area contributed by atoms with Crippen molar-refractivity contribution in [2.75, 3.05) is 43.9 Å². The van der Waals surface area contributed by atoms with Crippen LogP contribution in [0, 0.1) is 11.3 Å². The van der Waals surface area contributed by atoms with E-state index in [-0.39, 0.29) is 42.6 Å². The highest BCUT2D eigenvalue weighted by atomic mass is 35.5. The molecule has 23 heavy (non-hydrogen) atoms. The highest BCUT2D eigenvalue weighted by Gasteiger charge is 2.49. The summed E-state index contributed by atoms with van der Waals surface area (Å²) in [5, 5.41) is 13.1. The molecule has 0 aliphatic carbocycles. The number of aliphatic hydroxyl groups excluding tert-OH is 1. The van der Waals surface area contributed by atoms with Crippen LogP contribution >= 0.6 is 24.8 Å². The minimum Gasteiger partial charge on any atom is -0.396 e. The van der Waals surface area contributed by atoms with Crippen LogP contribution in [-0.2, 0) is 15.6 Å². The van der Waals surface area contributed by atoms with Gasteiger partial charge in [0.15, 0.2) is 9.84 Å². The average molecular weight is 384 g/mol. The fourth-order valence-electron chi connectivity index (χ4n) is 3.41. The monoisotopic (exact) mass is 383 g/mol. The number of halogens is 2. The standard InChI is InChI=1S/C14H21N3O3S.2ClH/c1-21(19,20)7-11-2-3-13(16-4-11)17-6-12-5-15-8-14(12,9-17)10-18;;/h2-4,12,15,18H,5-10H2,1H3;2*1H. The number of sulfone groups is 1. The van der Waals surface area contributed by atoms with E-state index in [9.17, 15) is 13.5 Å². The number of aliphatic hydroxyl groups is 1. The van der Waals surface area contributed by atoms with E-state index in [0.29, 0.717) is 11.5 Å². The first-order valence-electron chi connectivity index (χ1n) is 7.11. The molecule has 0 bridgehead atoms. The lowest BCUT2D eigenvalue weighted by atomic mass is 9.82. The first-order valence-corrected chi connectivity index (χ1v) is 9.17. The molecule has 2 aliphatic rings. The first-order chi connectivity index (χ1) is 9.92. The van der Waals surface area contributed by atoms with Crippen molar-refractivity contribution >= 4 is 40.5 Å². The third-order valence-electron chi connectivity index (χ3n) is 4.56. The molecule has 0 radical (unpaired) electrons. The number of rotatable bonds is 4. The summed E-state index contributed by atoms with van der Waals surface area (Å²) >= 11 is 0. The number of pyridine rings is 1. The summed E-state index contributed by atoms with van der Waals surface area (Å²) in [6.07, 6.45) is 2.86. The Balaban J connectivity index is 0.00000132. The molecular weight excluding hydrogens is 361 g/mol. The third kappa shape index (κ3) is 4.28. The van der Waals surface area contributed by atoms with E-state index in [2.05, 4.69) is 15.2 Å². The highest BCUT2D eigenvalue weighted by Crippen LogP contribution is 2.39. The van der Waals surface area contributed by atoms with Crippen molar-refractivity contribution in [3.05, 3.63) is 23.9 Å². The van der Waals surface area contributed by atoms with Gasteiger partial charge in [0.25, 0.3) is 0 Å². The zero-order valence-corrected chi connectivity index (χ0v) is 15.4. The zero-order chi connectivity index (χ0) is 15.1. The van der Waals surface area contributed by atoms with Gasteiger partial charge in [-0.15, -0.1) is 24.8 Å². The van der Waals surface area contributed by atoms with Crippen molar-refractivity contribution in [2.24, 2.45) is 11.3 Å². The SMILES string of the molecule is CS(=O)(=O)Cc1ccc(N2CC3CNCC3(CO)C2)nc1.Cl.Cl. The van der Waals surface area contributed by atoms with Crippen molar-refractivity contribution in [3.63, 3.8) is 0 Å². The Bertz CT molecular complexity index is 627. The molecule has 2 unspecified atom stereocenters. The van der Waals surface area contributed by atoms with Gasteiger partial charge in [0.2, 0.25) is 0 Å². The van der Waals surface area contributed by atoms with Crippen LogP contribution in [0.1, 0.15) is 5.56 Å². The second-order valence-corrected chi connectivity index (χ2v) is 8.46. The molecule has 2 fully saturated rings. The number of hydrogen-bond acceptors (Lipinski definition) is 6. The number of aromatic nitrogens is 1. The van der Waals surface area contributed by atoms with E-state index in [1.54, 1.807) is 6.20 Å². The van der Waals surface area contributed by atoms with Gasteiger partial charge in [-0.3, -0.25) is 0 Å². The maximum atomic E-state index is 11.3. The largest absolute Gasteiger partial charge is 0.396 e. The number of fused-ring (bicyclic) bond motifs is 1. The molecule has 2 N–H and O–H groups in total. The molecule has 3 rings (SSSR count). The molecule has 0 amide bonds. The topological polar surface area (TPSA) is 82.5 Å². The van der Waals surface area contributed by atoms with Gasteiger partial charge in [0.1, 0.15) is 5.82 Å². The third-order valence-corrected chi connectivity index (χ3v) is 5.41. The predicted molar refractivity (Wildman–Crippen MR) is 95.4 cm³/mol. The Labute approximate surface area is 149 Å². The van der Waals surface area contributed by atoms with Gasteiger partial charge in [0.05, 0.1) is 12.4 Å². The van der Waals surface area contributed by atoms with Crippen molar-refractivity contribution in [1.29, 1.82) is 0 Å². The van der Waals surface area contributed by atoms with Crippen LogP contribution in [0.15, 0.2) is 18.3 Å². The number of anilines is 1. The summed E-state index contributed by atoms with van der Waals surface area (Å²) in [6.45, 7) is 3.64. The molecule has 1 aromatic heterocycles. The molecule has 6 nitrogen and oxygen atoms in total. The Kier molecular flexibility index (Phi) is 6.69. The second-order valence-electron chi connectivity index (χ2n) is 6.32. The van der Waals surface area contributed by atoms with E-state index in [0.717, 1.165) is 32.0 Å². The summed E-state index contributed by atoms with van der Waals surface area (Å²) in [5.74, 6) is 1.32. The van der Waals surface area contributed by atoms with E-state index >= 15 is 0 Å². The van der Waals surface area contributed by atoms with Gasteiger partial charge in [0, 0.05) is 44.0 Å². The van der Waals surface area contributed by atoms with Crippen LogP contribution in [0.2, 0.25) is 0 Å². The van der Waals surface area contributed by atoms with Crippen molar-refractivity contribution in [2.45, 2.75) is 5.75 Å². The highest BCUT2D eigenvalue weighted by molar-refractivity contribution is 7.89. The molecular formula is C14H23Cl2N3O3S. The molecule has 0 spiro atoms. The lowest BCUT2D eigenvalue weighted by molar-refractivity contribution is 0.135. The molecule has 9 heteroatoms. The van der Waals surface area contributed by atoms with Gasteiger partial charge in [-0.05, 0) is 17.5 Å². The van der Waals surface area contributed by atoms with Crippen LogP contribution in [0.25, 0.3) is 0 Å². The predicted octanol–water partition coefficient (Wildman–Crippen LogP) is 0.488. The summed E-state index contributed by atoms with van der Waals surface area (Å²) < 4.78 is 22.6. The Morgan fingerprint density at radius 3 is 2.70 bits per heavy atom. The maximum Gasteiger partial charge on any atom is 0.151 e. The van der Waals surface area contributed by atoms with Gasteiger partial charge in [-0.1, -0.05) is 6.07 Å². The van der Waals surface area contributed by atoms with Gasteiger partial charge in [-0.25, -0.2) is 13.4 Å². The molecule has 3 heterocycles. The number of nitrogens with one attached hydrogen (secondary N) is 1. The molecule has 2 atom stereocenters. The maximum absolute atomic E-state index is 11.3. The number of nitrogens with zero attached hydrogens (tertiary/aromatic N) is 2. The summed E-state index contributed by atoms with van der Waals surface area (Å²) in [7, 11) is -3.03. The van der Waals surface area contributed by atoms with E-state index in [1.807, 2.05) is 12.1 Å². The van der Waals surface area contributed by atoms with Gasteiger partial charge >= 0.3 is 0 Å². The normalized spacial score (nSPS) is 26.3. The zero-order valence-electron chi connectivity index (χ0n) is 12.9. The lowest BCUT2D eigenvalue weighted by Crippen LogP contribution is -2.36. The molecule has 0 saturated carbocycles.